The molecule has 6 heteroatoms. The molecule has 1 N–H and O–H groups in total. The Morgan fingerprint density at radius 2 is 2.18 bits per heavy atom. The number of benzene rings is 1. The molecule has 1 saturated heterocycles. The highest BCUT2D eigenvalue weighted by atomic mass is 35.5. The summed E-state index contributed by atoms with van der Waals surface area (Å²) in [6.07, 6.45) is 2.08. The van der Waals surface area contributed by atoms with Crippen molar-refractivity contribution in [2.75, 3.05) is 13.2 Å². The van der Waals surface area contributed by atoms with Crippen LogP contribution in [0.5, 0.6) is 0 Å². The van der Waals surface area contributed by atoms with Crippen LogP contribution in [0, 0.1) is 0 Å². The number of hydrogen-bond acceptors (Lipinski definition) is 4. The molecule has 0 saturated carbocycles. The molecule has 5 nitrogen and oxygen atoms in total. The van der Waals surface area contributed by atoms with Gasteiger partial charge < -0.3 is 14.6 Å². The smallest absolute Gasteiger partial charge is 0.249 e. The van der Waals surface area contributed by atoms with Gasteiger partial charge in [0.1, 0.15) is 6.10 Å². The van der Waals surface area contributed by atoms with Crippen molar-refractivity contribution in [1.82, 2.24) is 10.5 Å². The zero-order valence-corrected chi connectivity index (χ0v) is 12.8. The second kappa shape index (κ2) is 6.94. The maximum absolute atomic E-state index is 11.8. The minimum absolute atomic E-state index is 0.0427. The number of rotatable bonds is 5. The molecule has 1 unspecified atom stereocenters. The first-order chi connectivity index (χ1) is 10.7. The molecule has 2 heterocycles. The average molecular weight is 321 g/mol. The molecule has 1 aromatic carbocycles. The van der Waals surface area contributed by atoms with E-state index in [2.05, 4.69) is 10.5 Å². The number of ether oxygens (including phenoxy) is 1. The number of carbonyl (C=O) groups is 1. The van der Waals surface area contributed by atoms with Crippen molar-refractivity contribution in [3.63, 3.8) is 0 Å². The molecule has 116 valence electrons. The van der Waals surface area contributed by atoms with E-state index < -0.39 is 0 Å². The van der Waals surface area contributed by atoms with E-state index in [1.54, 1.807) is 12.1 Å². The molecular weight excluding hydrogens is 304 g/mol. The quantitative estimate of drug-likeness (QED) is 0.920. The van der Waals surface area contributed by atoms with E-state index in [0.29, 0.717) is 30.4 Å². The highest BCUT2D eigenvalue weighted by molar-refractivity contribution is 6.30. The minimum Gasteiger partial charge on any atom is -0.368 e. The second-order valence-electron chi connectivity index (χ2n) is 5.23. The molecule has 1 atom stereocenters. The van der Waals surface area contributed by atoms with Crippen LogP contribution in [-0.2, 0) is 16.0 Å². The minimum atomic E-state index is -0.290. The summed E-state index contributed by atoms with van der Waals surface area (Å²) in [5, 5.41) is 7.57. The van der Waals surface area contributed by atoms with Crippen molar-refractivity contribution in [3.8, 4) is 11.3 Å². The van der Waals surface area contributed by atoms with Crippen LogP contribution in [0.4, 0.5) is 0 Å². The van der Waals surface area contributed by atoms with E-state index >= 15 is 0 Å². The molecule has 0 aliphatic carbocycles. The van der Waals surface area contributed by atoms with E-state index in [-0.39, 0.29) is 12.0 Å². The van der Waals surface area contributed by atoms with E-state index in [0.717, 1.165) is 24.1 Å². The largest absolute Gasteiger partial charge is 0.368 e. The number of hydrogen-bond donors (Lipinski definition) is 1. The maximum Gasteiger partial charge on any atom is 0.249 e. The van der Waals surface area contributed by atoms with Crippen LogP contribution in [0.1, 0.15) is 18.5 Å². The van der Waals surface area contributed by atoms with Crippen molar-refractivity contribution in [2.45, 2.75) is 25.4 Å². The first-order valence-electron chi connectivity index (χ1n) is 7.33. The Hall–Kier alpha value is -1.85. The van der Waals surface area contributed by atoms with Gasteiger partial charge in [-0.25, -0.2) is 0 Å². The topological polar surface area (TPSA) is 64.4 Å². The normalized spacial score (nSPS) is 17.6. The van der Waals surface area contributed by atoms with Crippen LogP contribution >= 0.6 is 11.6 Å². The fourth-order valence-corrected chi connectivity index (χ4v) is 2.52. The summed E-state index contributed by atoms with van der Waals surface area (Å²) in [4.78, 5) is 11.8. The van der Waals surface area contributed by atoms with Gasteiger partial charge in [0.15, 0.2) is 5.76 Å². The van der Waals surface area contributed by atoms with Crippen LogP contribution in [0.15, 0.2) is 34.9 Å². The SMILES string of the molecule is O=C(NCCc1cc(-c2ccc(Cl)cc2)on1)C1CCCO1. The van der Waals surface area contributed by atoms with Gasteiger partial charge in [0.25, 0.3) is 0 Å². The Labute approximate surface area is 133 Å². The molecular formula is C16H17ClN2O3. The summed E-state index contributed by atoms with van der Waals surface area (Å²) in [5.74, 6) is 0.649. The Morgan fingerprint density at radius 3 is 2.91 bits per heavy atom. The number of nitrogens with one attached hydrogen (secondary N) is 1. The van der Waals surface area contributed by atoms with Crippen LogP contribution < -0.4 is 5.32 Å². The fraction of sp³-hybridized carbons (Fsp3) is 0.375. The van der Waals surface area contributed by atoms with Gasteiger partial charge in [0, 0.05) is 36.2 Å². The standard InChI is InChI=1S/C16H17ClN2O3/c17-12-5-3-11(4-6-12)15-10-13(19-22-15)7-8-18-16(20)14-2-1-9-21-14/h3-6,10,14H,1-2,7-9H2,(H,18,20). The third kappa shape index (κ3) is 3.67. The zero-order chi connectivity index (χ0) is 15.4. The van der Waals surface area contributed by atoms with Gasteiger partial charge >= 0.3 is 0 Å². The number of amides is 1. The first-order valence-corrected chi connectivity index (χ1v) is 7.71. The lowest BCUT2D eigenvalue weighted by Crippen LogP contribution is -2.35. The average Bonchev–Trinajstić information content (AvgIpc) is 3.19. The Morgan fingerprint density at radius 1 is 1.36 bits per heavy atom. The summed E-state index contributed by atoms with van der Waals surface area (Å²) in [5.41, 5.74) is 1.73. The Bertz CT molecular complexity index is 633. The predicted octanol–water partition coefficient (Wildman–Crippen LogP) is 2.83. The number of nitrogens with zero attached hydrogens (tertiary/aromatic N) is 1. The molecule has 1 aliphatic rings. The Kier molecular flexibility index (Phi) is 4.75. The molecule has 0 bridgehead atoms. The molecule has 0 radical (unpaired) electrons. The van der Waals surface area contributed by atoms with E-state index in [1.165, 1.54) is 0 Å². The molecule has 0 spiro atoms. The van der Waals surface area contributed by atoms with Gasteiger partial charge in [-0.3, -0.25) is 4.79 Å². The van der Waals surface area contributed by atoms with Gasteiger partial charge in [0.2, 0.25) is 5.91 Å². The second-order valence-corrected chi connectivity index (χ2v) is 5.67. The molecule has 2 aromatic rings. The van der Waals surface area contributed by atoms with Gasteiger partial charge in [-0.2, -0.15) is 0 Å². The van der Waals surface area contributed by atoms with Crippen molar-refractivity contribution >= 4 is 17.5 Å². The molecule has 1 amide bonds. The van der Waals surface area contributed by atoms with E-state index in [4.69, 9.17) is 20.9 Å². The Balaban J connectivity index is 1.51. The number of aromatic nitrogens is 1. The zero-order valence-electron chi connectivity index (χ0n) is 12.0. The lowest BCUT2D eigenvalue weighted by molar-refractivity contribution is -0.129. The highest BCUT2D eigenvalue weighted by Crippen LogP contribution is 2.22. The summed E-state index contributed by atoms with van der Waals surface area (Å²) < 4.78 is 10.6. The predicted molar refractivity (Wildman–Crippen MR) is 82.6 cm³/mol. The molecule has 22 heavy (non-hydrogen) atoms. The highest BCUT2D eigenvalue weighted by Gasteiger charge is 2.22. The van der Waals surface area contributed by atoms with Crippen LogP contribution in [-0.4, -0.2) is 30.3 Å². The molecule has 1 fully saturated rings. The summed E-state index contributed by atoms with van der Waals surface area (Å²) in [6.45, 7) is 1.19. The van der Waals surface area contributed by atoms with Crippen molar-refractivity contribution in [3.05, 3.63) is 41.0 Å². The fourth-order valence-electron chi connectivity index (χ4n) is 2.39. The van der Waals surface area contributed by atoms with Gasteiger partial charge in [-0.05, 0) is 37.1 Å². The summed E-state index contributed by atoms with van der Waals surface area (Å²) >= 11 is 5.86. The third-order valence-corrected chi connectivity index (χ3v) is 3.84. The van der Waals surface area contributed by atoms with Crippen molar-refractivity contribution < 1.29 is 14.1 Å². The monoisotopic (exact) mass is 320 g/mol. The number of halogens is 1. The first kappa shape index (κ1) is 15.1. The lowest BCUT2D eigenvalue weighted by atomic mass is 10.1. The van der Waals surface area contributed by atoms with E-state index in [9.17, 15) is 4.79 Å². The molecule has 3 rings (SSSR count). The molecule has 1 aromatic heterocycles. The van der Waals surface area contributed by atoms with Crippen molar-refractivity contribution in [2.24, 2.45) is 0 Å². The van der Waals surface area contributed by atoms with Crippen LogP contribution in [0.25, 0.3) is 11.3 Å². The number of carbonyl (C=O) groups excluding carboxylic acids is 1. The van der Waals surface area contributed by atoms with Gasteiger partial charge in [-0.15, -0.1) is 0 Å². The maximum atomic E-state index is 11.8. The molecule has 1 aliphatic heterocycles. The van der Waals surface area contributed by atoms with Crippen molar-refractivity contribution in [1.29, 1.82) is 0 Å². The van der Waals surface area contributed by atoms with Gasteiger partial charge in [-0.1, -0.05) is 16.8 Å². The lowest BCUT2D eigenvalue weighted by Gasteiger charge is -2.09. The third-order valence-electron chi connectivity index (χ3n) is 3.59. The summed E-state index contributed by atoms with van der Waals surface area (Å²) in [7, 11) is 0. The van der Waals surface area contributed by atoms with Gasteiger partial charge in [0.05, 0.1) is 5.69 Å². The van der Waals surface area contributed by atoms with Crippen LogP contribution in [0.3, 0.4) is 0 Å². The summed E-state index contributed by atoms with van der Waals surface area (Å²) in [6, 6.07) is 9.25. The van der Waals surface area contributed by atoms with Crippen LogP contribution in [0.2, 0.25) is 5.02 Å². The van der Waals surface area contributed by atoms with E-state index in [1.807, 2.05) is 18.2 Å².